The highest BCUT2D eigenvalue weighted by Gasteiger charge is 2.17. The van der Waals surface area contributed by atoms with Gasteiger partial charge in [0.15, 0.2) is 0 Å². The lowest BCUT2D eigenvalue weighted by Gasteiger charge is -2.23. The molecule has 1 N–H and O–H groups in total. The van der Waals surface area contributed by atoms with E-state index in [4.69, 9.17) is 0 Å². The molecule has 1 aromatic carbocycles. The molecule has 0 heterocycles. The first-order valence-corrected chi connectivity index (χ1v) is 5.76. The van der Waals surface area contributed by atoms with Gasteiger partial charge >= 0.3 is 0 Å². The van der Waals surface area contributed by atoms with Gasteiger partial charge in [0.2, 0.25) is 0 Å². The molecule has 1 aromatic rings. The van der Waals surface area contributed by atoms with Crippen LogP contribution in [0.2, 0.25) is 0 Å². The molecule has 1 saturated carbocycles. The van der Waals surface area contributed by atoms with E-state index in [2.05, 4.69) is 6.58 Å². The normalized spacial score (nSPS) is 17.6. The average molecular weight is 202 g/mol. The predicted octanol–water partition coefficient (Wildman–Crippen LogP) is 4.08. The van der Waals surface area contributed by atoms with E-state index in [0.717, 1.165) is 0 Å². The minimum atomic E-state index is 0.376. The number of hydrogen-bond acceptors (Lipinski definition) is 1. The number of aromatic hydroxyl groups is 1. The predicted molar refractivity (Wildman–Crippen MR) is 64.0 cm³/mol. The summed E-state index contributed by atoms with van der Waals surface area (Å²) in [6.45, 7) is 3.83. The Morgan fingerprint density at radius 1 is 1.20 bits per heavy atom. The van der Waals surface area contributed by atoms with Gasteiger partial charge in [-0.1, -0.05) is 38.0 Å². The van der Waals surface area contributed by atoms with Crippen LogP contribution in [0.1, 0.15) is 49.1 Å². The second-order valence-corrected chi connectivity index (χ2v) is 4.35. The van der Waals surface area contributed by atoms with Crippen LogP contribution in [0.3, 0.4) is 0 Å². The van der Waals surface area contributed by atoms with Gasteiger partial charge in [0.05, 0.1) is 0 Å². The van der Waals surface area contributed by atoms with Gasteiger partial charge in [-0.25, -0.2) is 0 Å². The molecule has 2 rings (SSSR count). The zero-order valence-corrected chi connectivity index (χ0v) is 9.08. The van der Waals surface area contributed by atoms with E-state index in [1.54, 1.807) is 6.07 Å². The van der Waals surface area contributed by atoms with E-state index in [-0.39, 0.29) is 0 Å². The molecule has 0 aromatic heterocycles. The van der Waals surface area contributed by atoms with Gasteiger partial charge < -0.3 is 5.11 Å². The maximum atomic E-state index is 9.53. The first-order chi connectivity index (χ1) is 7.31. The van der Waals surface area contributed by atoms with Crippen molar-refractivity contribution in [3.63, 3.8) is 0 Å². The first kappa shape index (κ1) is 10.3. The van der Waals surface area contributed by atoms with Crippen LogP contribution in [-0.4, -0.2) is 5.11 Å². The van der Waals surface area contributed by atoms with Crippen LogP contribution in [0.25, 0.3) is 6.08 Å². The zero-order valence-electron chi connectivity index (χ0n) is 9.08. The van der Waals surface area contributed by atoms with Gasteiger partial charge in [0, 0.05) is 0 Å². The van der Waals surface area contributed by atoms with Gasteiger partial charge in [-0.2, -0.15) is 0 Å². The molecule has 1 aliphatic carbocycles. The molecule has 0 bridgehead atoms. The number of rotatable bonds is 2. The van der Waals surface area contributed by atoms with Crippen molar-refractivity contribution in [2.24, 2.45) is 0 Å². The van der Waals surface area contributed by atoms with Crippen molar-refractivity contribution >= 4 is 6.08 Å². The second-order valence-electron chi connectivity index (χ2n) is 4.35. The molecule has 0 amide bonds. The molecular weight excluding hydrogens is 184 g/mol. The Morgan fingerprint density at radius 2 is 1.93 bits per heavy atom. The third-order valence-corrected chi connectivity index (χ3v) is 3.34. The summed E-state index contributed by atoms with van der Waals surface area (Å²) in [5, 5.41) is 9.53. The van der Waals surface area contributed by atoms with Crippen molar-refractivity contribution in [1.82, 2.24) is 0 Å². The van der Waals surface area contributed by atoms with E-state index in [0.29, 0.717) is 11.7 Å². The monoisotopic (exact) mass is 202 g/mol. The molecule has 0 spiro atoms. The largest absolute Gasteiger partial charge is 0.508 e. The number of phenols is 1. The average Bonchev–Trinajstić information content (AvgIpc) is 2.30. The minimum Gasteiger partial charge on any atom is -0.508 e. The Bertz CT molecular complexity index is 348. The van der Waals surface area contributed by atoms with Crippen molar-refractivity contribution in [3.8, 4) is 5.75 Å². The number of hydrogen-bond donors (Lipinski definition) is 1. The molecule has 1 aliphatic rings. The first-order valence-electron chi connectivity index (χ1n) is 5.76. The van der Waals surface area contributed by atoms with E-state index < -0.39 is 0 Å². The van der Waals surface area contributed by atoms with Crippen molar-refractivity contribution in [2.75, 3.05) is 0 Å². The fourth-order valence-electron chi connectivity index (χ4n) is 2.52. The highest BCUT2D eigenvalue weighted by atomic mass is 16.3. The quantitative estimate of drug-likeness (QED) is 0.766. The van der Waals surface area contributed by atoms with Crippen molar-refractivity contribution < 1.29 is 5.11 Å². The molecule has 80 valence electrons. The van der Waals surface area contributed by atoms with Crippen LogP contribution in [0.5, 0.6) is 5.75 Å². The Balaban J connectivity index is 2.31. The lowest BCUT2D eigenvalue weighted by Crippen LogP contribution is -2.05. The van der Waals surface area contributed by atoms with E-state index in [1.165, 1.54) is 43.2 Å². The molecule has 1 fully saturated rings. The van der Waals surface area contributed by atoms with Crippen molar-refractivity contribution in [1.29, 1.82) is 0 Å². The van der Waals surface area contributed by atoms with Crippen LogP contribution in [0.15, 0.2) is 24.8 Å². The summed E-state index contributed by atoms with van der Waals surface area (Å²) in [6, 6.07) is 5.61. The lowest BCUT2D eigenvalue weighted by atomic mass is 9.82. The SMILES string of the molecule is C=Cc1ccc(O)cc1C1CCCCC1. The summed E-state index contributed by atoms with van der Waals surface area (Å²) in [5.41, 5.74) is 2.46. The number of phenolic OH excluding ortho intramolecular Hbond substituents is 1. The highest BCUT2D eigenvalue weighted by Crippen LogP contribution is 2.36. The maximum absolute atomic E-state index is 9.53. The summed E-state index contributed by atoms with van der Waals surface area (Å²) in [4.78, 5) is 0. The van der Waals surface area contributed by atoms with E-state index in [1.807, 2.05) is 18.2 Å². The van der Waals surface area contributed by atoms with Crippen LogP contribution in [0.4, 0.5) is 0 Å². The third-order valence-electron chi connectivity index (χ3n) is 3.34. The second kappa shape index (κ2) is 4.52. The topological polar surface area (TPSA) is 20.2 Å². The Kier molecular flexibility index (Phi) is 3.10. The summed E-state index contributed by atoms with van der Waals surface area (Å²) in [6.07, 6.45) is 8.39. The van der Waals surface area contributed by atoms with Crippen molar-refractivity contribution in [3.05, 3.63) is 35.9 Å². The molecule has 0 unspecified atom stereocenters. The van der Waals surface area contributed by atoms with Crippen LogP contribution >= 0.6 is 0 Å². The fourth-order valence-corrected chi connectivity index (χ4v) is 2.52. The fraction of sp³-hybridized carbons (Fsp3) is 0.429. The van der Waals surface area contributed by atoms with E-state index in [9.17, 15) is 5.11 Å². The Hall–Kier alpha value is -1.24. The highest BCUT2D eigenvalue weighted by molar-refractivity contribution is 5.55. The smallest absolute Gasteiger partial charge is 0.115 e. The van der Waals surface area contributed by atoms with Crippen molar-refractivity contribution in [2.45, 2.75) is 38.0 Å². The minimum absolute atomic E-state index is 0.376. The van der Waals surface area contributed by atoms with E-state index >= 15 is 0 Å². The summed E-state index contributed by atoms with van der Waals surface area (Å²) >= 11 is 0. The number of benzene rings is 1. The van der Waals surface area contributed by atoms with Crippen LogP contribution < -0.4 is 0 Å². The zero-order chi connectivity index (χ0) is 10.7. The standard InChI is InChI=1S/C14H18O/c1-2-11-8-9-13(15)10-14(11)12-6-4-3-5-7-12/h2,8-10,12,15H,1,3-7H2. The third kappa shape index (κ3) is 2.23. The molecule has 1 heteroatoms. The summed E-state index contributed by atoms with van der Waals surface area (Å²) < 4.78 is 0. The maximum Gasteiger partial charge on any atom is 0.115 e. The van der Waals surface area contributed by atoms with Crippen LogP contribution in [0, 0.1) is 0 Å². The molecule has 0 aliphatic heterocycles. The summed E-state index contributed by atoms with van der Waals surface area (Å²) in [7, 11) is 0. The molecule has 0 radical (unpaired) electrons. The van der Waals surface area contributed by atoms with Gasteiger partial charge in [-0.3, -0.25) is 0 Å². The van der Waals surface area contributed by atoms with Gasteiger partial charge in [-0.05, 0) is 42.0 Å². The van der Waals surface area contributed by atoms with Gasteiger partial charge in [-0.15, -0.1) is 0 Å². The van der Waals surface area contributed by atoms with Gasteiger partial charge in [0.25, 0.3) is 0 Å². The Labute approximate surface area is 91.4 Å². The molecular formula is C14H18O. The van der Waals surface area contributed by atoms with Crippen LogP contribution in [-0.2, 0) is 0 Å². The molecule has 0 atom stereocenters. The van der Waals surface area contributed by atoms with Gasteiger partial charge in [0.1, 0.15) is 5.75 Å². The molecule has 15 heavy (non-hydrogen) atoms. The Morgan fingerprint density at radius 3 is 2.60 bits per heavy atom. The summed E-state index contributed by atoms with van der Waals surface area (Å²) in [5.74, 6) is 1.00. The molecule has 1 nitrogen and oxygen atoms in total. The molecule has 0 saturated heterocycles. The lowest BCUT2D eigenvalue weighted by molar-refractivity contribution is 0.438.